The molecule has 0 aliphatic heterocycles. The zero-order chi connectivity index (χ0) is 16.4. The zero-order valence-corrected chi connectivity index (χ0v) is 12.8. The van der Waals surface area contributed by atoms with Crippen LogP contribution in [-0.4, -0.2) is 26.0 Å². The number of nitrogens with one attached hydrogen (secondary N) is 1. The molecular formula is C15H18N4O4. The third-order valence-electron chi connectivity index (χ3n) is 4.03. The van der Waals surface area contributed by atoms with E-state index in [4.69, 9.17) is 4.52 Å². The normalized spacial score (nSPS) is 16.2. The average molecular weight is 318 g/mol. The zero-order valence-electron chi connectivity index (χ0n) is 12.8. The number of aromatic amines is 1. The summed E-state index contributed by atoms with van der Waals surface area (Å²) in [4.78, 5) is 30.3. The summed E-state index contributed by atoms with van der Waals surface area (Å²) >= 11 is 0. The van der Waals surface area contributed by atoms with Crippen molar-refractivity contribution < 1.29 is 9.63 Å². The highest BCUT2D eigenvalue weighted by Gasteiger charge is 2.22. The van der Waals surface area contributed by atoms with Crippen LogP contribution in [0.3, 0.4) is 0 Å². The maximum absolute atomic E-state index is 12.1. The van der Waals surface area contributed by atoms with Gasteiger partial charge in [0.15, 0.2) is 5.82 Å². The van der Waals surface area contributed by atoms with Crippen molar-refractivity contribution in [3.63, 3.8) is 0 Å². The van der Waals surface area contributed by atoms with E-state index in [-0.39, 0.29) is 23.3 Å². The molecule has 2 heterocycles. The quantitative estimate of drug-likeness (QED) is 0.838. The molecule has 2 aromatic rings. The molecule has 0 spiro atoms. The maximum Gasteiger partial charge on any atom is 0.331 e. The number of H-pyrrole nitrogens is 1. The molecule has 0 radical (unpaired) electrons. The molecule has 0 saturated heterocycles. The molecule has 2 N–H and O–H groups in total. The molecule has 0 amide bonds. The largest absolute Gasteiger partial charge is 0.494 e. The van der Waals surface area contributed by atoms with Gasteiger partial charge in [-0.05, 0) is 19.8 Å². The predicted molar refractivity (Wildman–Crippen MR) is 83.6 cm³/mol. The second-order valence-electron chi connectivity index (χ2n) is 5.71. The number of aromatic nitrogens is 3. The smallest absolute Gasteiger partial charge is 0.331 e. The molecule has 0 atom stereocenters. The van der Waals surface area contributed by atoms with Crippen LogP contribution in [0.25, 0.3) is 0 Å². The Morgan fingerprint density at radius 2 is 2.13 bits per heavy atom. The van der Waals surface area contributed by atoms with E-state index in [9.17, 15) is 14.7 Å². The Morgan fingerprint density at radius 3 is 2.78 bits per heavy atom. The standard InChI is InChI=1S/C15H18N4O4/c1-9-7-12(18-23-9)16-8-11-13(20)17-15(22)19(14(11)21)10-5-3-2-4-6-10/h7-8,10,21H,2-6H2,1H3,(H,17,20,22). The van der Waals surface area contributed by atoms with Gasteiger partial charge >= 0.3 is 5.69 Å². The molecule has 1 saturated carbocycles. The lowest BCUT2D eigenvalue weighted by Gasteiger charge is -2.24. The first kappa shape index (κ1) is 15.3. The highest BCUT2D eigenvalue weighted by molar-refractivity contribution is 5.83. The molecule has 3 rings (SSSR count). The van der Waals surface area contributed by atoms with E-state index in [1.54, 1.807) is 13.0 Å². The van der Waals surface area contributed by atoms with Gasteiger partial charge in [-0.25, -0.2) is 9.79 Å². The molecule has 2 aromatic heterocycles. The lowest BCUT2D eigenvalue weighted by atomic mass is 9.95. The summed E-state index contributed by atoms with van der Waals surface area (Å²) < 4.78 is 6.14. The van der Waals surface area contributed by atoms with Crippen LogP contribution in [0.5, 0.6) is 5.88 Å². The Morgan fingerprint density at radius 1 is 1.39 bits per heavy atom. The van der Waals surface area contributed by atoms with E-state index < -0.39 is 11.2 Å². The summed E-state index contributed by atoms with van der Waals surface area (Å²) in [6.45, 7) is 1.72. The van der Waals surface area contributed by atoms with Crippen molar-refractivity contribution in [3.05, 3.63) is 38.2 Å². The Bertz CT molecular complexity index is 840. The van der Waals surface area contributed by atoms with E-state index in [0.717, 1.165) is 32.1 Å². The number of aliphatic imine (C=N–C) groups is 1. The van der Waals surface area contributed by atoms with Crippen molar-refractivity contribution in [1.82, 2.24) is 14.7 Å². The van der Waals surface area contributed by atoms with Gasteiger partial charge in [0, 0.05) is 18.3 Å². The highest BCUT2D eigenvalue weighted by atomic mass is 16.5. The van der Waals surface area contributed by atoms with E-state index in [1.807, 2.05) is 0 Å². The summed E-state index contributed by atoms with van der Waals surface area (Å²) in [7, 11) is 0. The highest BCUT2D eigenvalue weighted by Crippen LogP contribution is 2.29. The Hall–Kier alpha value is -2.64. The minimum absolute atomic E-state index is 0.0594. The number of aromatic hydroxyl groups is 1. The molecule has 0 aromatic carbocycles. The van der Waals surface area contributed by atoms with Crippen LogP contribution in [0.15, 0.2) is 25.2 Å². The lowest BCUT2D eigenvalue weighted by Crippen LogP contribution is -2.35. The van der Waals surface area contributed by atoms with Gasteiger partial charge in [0.2, 0.25) is 5.88 Å². The number of hydrogen-bond donors (Lipinski definition) is 2. The average Bonchev–Trinajstić information content (AvgIpc) is 2.93. The number of rotatable bonds is 3. The topological polar surface area (TPSA) is 113 Å². The van der Waals surface area contributed by atoms with Crippen molar-refractivity contribution >= 4 is 12.0 Å². The fourth-order valence-electron chi connectivity index (χ4n) is 2.89. The summed E-state index contributed by atoms with van der Waals surface area (Å²) in [6.07, 6.45) is 5.92. The van der Waals surface area contributed by atoms with Crippen LogP contribution in [-0.2, 0) is 0 Å². The minimum Gasteiger partial charge on any atom is -0.494 e. The number of nitrogens with zero attached hydrogens (tertiary/aromatic N) is 3. The van der Waals surface area contributed by atoms with Crippen LogP contribution in [0.4, 0.5) is 5.82 Å². The molecule has 1 aliphatic carbocycles. The van der Waals surface area contributed by atoms with Crippen LogP contribution in [0, 0.1) is 6.92 Å². The predicted octanol–water partition coefficient (Wildman–Crippen LogP) is 1.79. The fourth-order valence-corrected chi connectivity index (χ4v) is 2.89. The van der Waals surface area contributed by atoms with Gasteiger partial charge in [-0.15, -0.1) is 0 Å². The third kappa shape index (κ3) is 3.10. The van der Waals surface area contributed by atoms with Gasteiger partial charge in [0.25, 0.3) is 5.56 Å². The van der Waals surface area contributed by atoms with E-state index in [0.29, 0.717) is 5.76 Å². The van der Waals surface area contributed by atoms with E-state index in [2.05, 4.69) is 15.1 Å². The van der Waals surface area contributed by atoms with Gasteiger partial charge in [-0.3, -0.25) is 14.3 Å². The van der Waals surface area contributed by atoms with E-state index >= 15 is 0 Å². The first-order valence-electron chi connectivity index (χ1n) is 7.61. The van der Waals surface area contributed by atoms with Crippen molar-refractivity contribution in [2.75, 3.05) is 0 Å². The summed E-state index contributed by atoms with van der Waals surface area (Å²) in [5.74, 6) is 0.522. The molecule has 1 fully saturated rings. The second-order valence-corrected chi connectivity index (χ2v) is 5.71. The van der Waals surface area contributed by atoms with Gasteiger partial charge in [-0.1, -0.05) is 24.4 Å². The van der Waals surface area contributed by atoms with Gasteiger partial charge in [-0.2, -0.15) is 0 Å². The molecule has 8 heteroatoms. The van der Waals surface area contributed by atoms with Crippen molar-refractivity contribution in [1.29, 1.82) is 0 Å². The summed E-state index contributed by atoms with van der Waals surface area (Å²) in [6, 6.07) is 1.49. The van der Waals surface area contributed by atoms with Gasteiger partial charge in [0.05, 0.1) is 0 Å². The molecule has 1 aliphatic rings. The van der Waals surface area contributed by atoms with Crippen LogP contribution >= 0.6 is 0 Å². The van der Waals surface area contributed by atoms with Crippen LogP contribution in [0.1, 0.15) is 49.5 Å². The molecule has 8 nitrogen and oxygen atoms in total. The fraction of sp³-hybridized carbons (Fsp3) is 0.467. The van der Waals surface area contributed by atoms with Gasteiger partial charge < -0.3 is 9.63 Å². The van der Waals surface area contributed by atoms with Crippen LogP contribution in [0.2, 0.25) is 0 Å². The molecule has 0 unspecified atom stereocenters. The van der Waals surface area contributed by atoms with Crippen LogP contribution < -0.4 is 11.2 Å². The van der Waals surface area contributed by atoms with E-state index in [1.165, 1.54) is 10.8 Å². The Kier molecular flexibility index (Phi) is 4.14. The minimum atomic E-state index is -0.677. The van der Waals surface area contributed by atoms with Gasteiger partial charge in [0.1, 0.15) is 11.3 Å². The SMILES string of the molecule is Cc1cc(N=Cc2c(O)n(C3CCCCC3)c(=O)[nH]c2=O)no1. The molecule has 122 valence electrons. The number of hydrogen-bond acceptors (Lipinski definition) is 6. The van der Waals surface area contributed by atoms with Crippen molar-refractivity contribution in [2.24, 2.45) is 4.99 Å². The van der Waals surface area contributed by atoms with Crippen molar-refractivity contribution in [3.8, 4) is 5.88 Å². The first-order valence-corrected chi connectivity index (χ1v) is 7.61. The lowest BCUT2D eigenvalue weighted by molar-refractivity contribution is 0.298. The summed E-state index contributed by atoms with van der Waals surface area (Å²) in [5.41, 5.74) is -1.33. The molecule has 23 heavy (non-hydrogen) atoms. The molecule has 0 bridgehead atoms. The van der Waals surface area contributed by atoms with Crippen molar-refractivity contribution in [2.45, 2.75) is 45.1 Å². The summed E-state index contributed by atoms with van der Waals surface area (Å²) in [5, 5.41) is 14.1. The Labute approximate surface area is 131 Å². The Balaban J connectivity index is 2.01. The maximum atomic E-state index is 12.1. The number of aryl methyl sites for hydroxylation is 1. The molecular weight excluding hydrogens is 300 g/mol. The third-order valence-corrected chi connectivity index (χ3v) is 4.03. The first-order chi connectivity index (χ1) is 11.1. The second kappa shape index (κ2) is 6.23. The monoisotopic (exact) mass is 318 g/mol.